The molecule has 0 aliphatic heterocycles. The van der Waals surface area contributed by atoms with Crippen molar-refractivity contribution in [3.05, 3.63) is 28.5 Å². The van der Waals surface area contributed by atoms with E-state index < -0.39 is 6.09 Å². The summed E-state index contributed by atoms with van der Waals surface area (Å²) >= 11 is 3.24. The molecule has 14 heavy (non-hydrogen) atoms. The summed E-state index contributed by atoms with van der Waals surface area (Å²) in [6.07, 6.45) is 2.42. The van der Waals surface area contributed by atoms with Crippen molar-refractivity contribution in [1.29, 1.82) is 0 Å². The van der Waals surface area contributed by atoms with Gasteiger partial charge < -0.3 is 10.4 Å². The van der Waals surface area contributed by atoms with Crippen molar-refractivity contribution in [1.82, 2.24) is 10.3 Å². The van der Waals surface area contributed by atoms with Gasteiger partial charge in [0.15, 0.2) is 0 Å². The molecule has 4 nitrogen and oxygen atoms in total. The van der Waals surface area contributed by atoms with Crippen LogP contribution in [0.5, 0.6) is 0 Å². The highest BCUT2D eigenvalue weighted by Gasteiger charge is 2.46. The number of rotatable bonds is 2. The second-order valence-corrected chi connectivity index (χ2v) is 4.19. The third kappa shape index (κ3) is 1.72. The van der Waals surface area contributed by atoms with Crippen LogP contribution in [0, 0.1) is 0 Å². The number of hydrogen-bond donors (Lipinski definition) is 2. The predicted octanol–water partition coefficient (Wildman–Crippen LogP) is 2.10. The smallest absolute Gasteiger partial charge is 0.405 e. The summed E-state index contributed by atoms with van der Waals surface area (Å²) < 4.78 is 0.757. The van der Waals surface area contributed by atoms with Crippen LogP contribution in [-0.4, -0.2) is 16.2 Å². The van der Waals surface area contributed by atoms with E-state index in [-0.39, 0.29) is 5.54 Å². The third-order valence-electron chi connectivity index (χ3n) is 2.38. The number of pyridine rings is 1. The van der Waals surface area contributed by atoms with Crippen LogP contribution in [0.15, 0.2) is 22.9 Å². The van der Waals surface area contributed by atoms with Gasteiger partial charge in [0.25, 0.3) is 0 Å². The summed E-state index contributed by atoms with van der Waals surface area (Å²) in [6.45, 7) is 0. The SMILES string of the molecule is O=C(O)NC1(c2ccc(Br)nc2)CC1. The molecule has 1 saturated carbocycles. The van der Waals surface area contributed by atoms with E-state index >= 15 is 0 Å². The van der Waals surface area contributed by atoms with Gasteiger partial charge in [0, 0.05) is 6.20 Å². The molecule has 1 heterocycles. The molecule has 74 valence electrons. The molecule has 0 aromatic carbocycles. The lowest BCUT2D eigenvalue weighted by molar-refractivity contribution is 0.188. The fourth-order valence-corrected chi connectivity index (χ4v) is 1.71. The largest absolute Gasteiger partial charge is 0.465 e. The van der Waals surface area contributed by atoms with Gasteiger partial charge in [-0.1, -0.05) is 6.07 Å². The van der Waals surface area contributed by atoms with Gasteiger partial charge in [-0.05, 0) is 40.4 Å². The number of halogens is 1. The van der Waals surface area contributed by atoms with E-state index in [1.807, 2.05) is 12.1 Å². The first-order chi connectivity index (χ1) is 6.62. The van der Waals surface area contributed by atoms with E-state index in [4.69, 9.17) is 5.11 Å². The van der Waals surface area contributed by atoms with E-state index in [0.29, 0.717) is 0 Å². The zero-order valence-corrected chi connectivity index (χ0v) is 8.91. The van der Waals surface area contributed by atoms with E-state index in [0.717, 1.165) is 23.0 Å². The normalized spacial score (nSPS) is 17.5. The number of hydrogen-bond acceptors (Lipinski definition) is 2. The Morgan fingerprint density at radius 1 is 1.57 bits per heavy atom. The maximum Gasteiger partial charge on any atom is 0.405 e. The molecule has 2 N–H and O–H groups in total. The molecule has 1 aromatic rings. The van der Waals surface area contributed by atoms with Gasteiger partial charge in [0.2, 0.25) is 0 Å². The van der Waals surface area contributed by atoms with Gasteiger partial charge >= 0.3 is 6.09 Å². The Kier molecular flexibility index (Phi) is 2.19. The van der Waals surface area contributed by atoms with Crippen molar-refractivity contribution in [2.45, 2.75) is 18.4 Å². The predicted molar refractivity (Wildman–Crippen MR) is 54.0 cm³/mol. The van der Waals surface area contributed by atoms with Crippen LogP contribution in [0.2, 0.25) is 0 Å². The first kappa shape index (κ1) is 9.45. The Morgan fingerprint density at radius 3 is 2.71 bits per heavy atom. The van der Waals surface area contributed by atoms with Gasteiger partial charge in [-0.25, -0.2) is 9.78 Å². The van der Waals surface area contributed by atoms with Crippen molar-refractivity contribution in [2.75, 3.05) is 0 Å². The van der Waals surface area contributed by atoms with Crippen LogP contribution in [0.4, 0.5) is 4.79 Å². The van der Waals surface area contributed by atoms with Gasteiger partial charge in [-0.2, -0.15) is 0 Å². The highest BCUT2D eigenvalue weighted by atomic mass is 79.9. The Labute approximate surface area is 89.5 Å². The number of nitrogens with zero attached hydrogens (tertiary/aromatic N) is 1. The fourth-order valence-electron chi connectivity index (χ4n) is 1.47. The molecular formula is C9H9BrN2O2. The van der Waals surface area contributed by atoms with Crippen LogP contribution >= 0.6 is 15.9 Å². The zero-order chi connectivity index (χ0) is 10.2. The fraction of sp³-hybridized carbons (Fsp3) is 0.333. The van der Waals surface area contributed by atoms with Crippen LogP contribution < -0.4 is 5.32 Å². The highest BCUT2D eigenvalue weighted by Crippen LogP contribution is 2.45. The van der Waals surface area contributed by atoms with Crippen molar-refractivity contribution in [2.24, 2.45) is 0 Å². The summed E-state index contributed by atoms with van der Waals surface area (Å²) in [4.78, 5) is 14.6. The van der Waals surface area contributed by atoms with E-state index in [1.54, 1.807) is 6.20 Å². The molecule has 0 radical (unpaired) electrons. The van der Waals surface area contributed by atoms with Crippen molar-refractivity contribution in [3.63, 3.8) is 0 Å². The van der Waals surface area contributed by atoms with Crippen molar-refractivity contribution in [3.8, 4) is 0 Å². The van der Waals surface area contributed by atoms with E-state index in [9.17, 15) is 4.79 Å². The minimum atomic E-state index is -0.981. The lowest BCUT2D eigenvalue weighted by Crippen LogP contribution is -2.33. The molecule has 0 saturated heterocycles. The molecule has 5 heteroatoms. The van der Waals surface area contributed by atoms with Crippen LogP contribution in [0.3, 0.4) is 0 Å². The molecule has 0 bridgehead atoms. The van der Waals surface area contributed by atoms with Gasteiger partial charge in [-0.15, -0.1) is 0 Å². The monoisotopic (exact) mass is 256 g/mol. The van der Waals surface area contributed by atoms with Gasteiger partial charge in [0.1, 0.15) is 4.60 Å². The minimum absolute atomic E-state index is 0.375. The summed E-state index contributed by atoms with van der Waals surface area (Å²) in [7, 11) is 0. The lowest BCUT2D eigenvalue weighted by atomic mass is 10.1. The summed E-state index contributed by atoms with van der Waals surface area (Å²) in [5.41, 5.74) is 0.558. The van der Waals surface area contributed by atoms with Crippen LogP contribution in [0.1, 0.15) is 18.4 Å². The van der Waals surface area contributed by atoms with Crippen LogP contribution in [-0.2, 0) is 5.54 Å². The summed E-state index contributed by atoms with van der Waals surface area (Å²) in [5, 5.41) is 11.2. The minimum Gasteiger partial charge on any atom is -0.465 e. The first-order valence-corrected chi connectivity index (χ1v) is 5.05. The maximum atomic E-state index is 10.6. The molecule has 0 unspecified atom stereocenters. The number of nitrogens with one attached hydrogen (secondary N) is 1. The molecule has 1 amide bonds. The summed E-state index contributed by atoms with van der Waals surface area (Å²) in [6, 6.07) is 3.71. The Hall–Kier alpha value is -1.10. The second kappa shape index (κ2) is 3.24. The summed E-state index contributed by atoms with van der Waals surface area (Å²) in [5.74, 6) is 0. The van der Waals surface area contributed by atoms with Crippen LogP contribution in [0.25, 0.3) is 0 Å². The highest BCUT2D eigenvalue weighted by molar-refractivity contribution is 9.10. The quantitative estimate of drug-likeness (QED) is 0.797. The number of aromatic nitrogens is 1. The number of carboxylic acid groups (broad SMARTS) is 1. The van der Waals surface area contributed by atoms with Gasteiger partial charge in [0.05, 0.1) is 5.54 Å². The molecule has 0 spiro atoms. The third-order valence-corrected chi connectivity index (χ3v) is 2.85. The average Bonchev–Trinajstić information content (AvgIpc) is 2.85. The Balaban J connectivity index is 2.22. The molecule has 2 rings (SSSR count). The standard InChI is InChI=1S/C9H9BrN2O2/c10-7-2-1-6(5-11-7)9(3-4-9)12-8(13)14/h1-2,5,12H,3-4H2,(H,13,14). The van der Waals surface area contributed by atoms with Gasteiger partial charge in [-0.3, -0.25) is 0 Å². The van der Waals surface area contributed by atoms with E-state index in [2.05, 4.69) is 26.2 Å². The first-order valence-electron chi connectivity index (χ1n) is 4.25. The zero-order valence-electron chi connectivity index (χ0n) is 7.33. The molecule has 1 aromatic heterocycles. The van der Waals surface area contributed by atoms with Crippen molar-refractivity contribution >= 4 is 22.0 Å². The van der Waals surface area contributed by atoms with Crippen molar-refractivity contribution < 1.29 is 9.90 Å². The Morgan fingerprint density at radius 2 is 2.29 bits per heavy atom. The molecule has 0 atom stereocenters. The topological polar surface area (TPSA) is 62.2 Å². The number of carbonyl (C=O) groups is 1. The lowest BCUT2D eigenvalue weighted by Gasteiger charge is -2.14. The Bertz CT molecular complexity index is 360. The van der Waals surface area contributed by atoms with E-state index in [1.165, 1.54) is 0 Å². The molecule has 1 aliphatic rings. The average molecular weight is 257 g/mol. The number of amides is 1. The second-order valence-electron chi connectivity index (χ2n) is 3.38. The molecular weight excluding hydrogens is 248 g/mol. The maximum absolute atomic E-state index is 10.6. The molecule has 1 aliphatic carbocycles. The molecule has 1 fully saturated rings.